The van der Waals surface area contributed by atoms with Gasteiger partial charge in [0, 0.05) is 30.9 Å². The Hall–Kier alpha value is -2.73. The molecule has 1 aromatic carbocycles. The maximum Gasteiger partial charge on any atom is 0.270 e. The predicted octanol–water partition coefficient (Wildman–Crippen LogP) is 3.11. The molecule has 0 atom stereocenters. The van der Waals surface area contributed by atoms with Gasteiger partial charge in [0.2, 0.25) is 0 Å². The van der Waals surface area contributed by atoms with Gasteiger partial charge in [-0.1, -0.05) is 24.3 Å². The first-order valence-electron chi connectivity index (χ1n) is 8.96. The summed E-state index contributed by atoms with van der Waals surface area (Å²) < 4.78 is 7.22. The molecule has 1 amide bonds. The lowest BCUT2D eigenvalue weighted by Crippen LogP contribution is -2.39. The van der Waals surface area contributed by atoms with Crippen molar-refractivity contribution in [2.24, 2.45) is 0 Å². The van der Waals surface area contributed by atoms with Gasteiger partial charge in [-0.15, -0.1) is 0 Å². The Morgan fingerprint density at radius 2 is 2.04 bits per heavy atom. The van der Waals surface area contributed by atoms with Gasteiger partial charge in [-0.2, -0.15) is 0 Å². The third-order valence-corrected chi connectivity index (χ3v) is 5.05. The fraction of sp³-hybridized carbons (Fsp3) is 0.350. The summed E-state index contributed by atoms with van der Waals surface area (Å²) in [5.41, 5.74) is 0.459. The lowest BCUT2D eigenvalue weighted by molar-refractivity contribution is 0.0598. The number of hydrogen-bond donors (Lipinski definition) is 1. The number of ether oxygens (including phenoxy) is 1. The van der Waals surface area contributed by atoms with Crippen molar-refractivity contribution in [3.63, 3.8) is 0 Å². The molecule has 1 aliphatic rings. The van der Waals surface area contributed by atoms with Crippen LogP contribution in [0, 0.1) is 0 Å². The van der Waals surface area contributed by atoms with Gasteiger partial charge in [-0.05, 0) is 37.1 Å². The van der Waals surface area contributed by atoms with Crippen molar-refractivity contribution in [2.75, 3.05) is 7.11 Å². The van der Waals surface area contributed by atoms with Crippen LogP contribution in [-0.4, -0.2) is 39.7 Å². The van der Waals surface area contributed by atoms with Gasteiger partial charge in [0.25, 0.3) is 5.91 Å². The highest BCUT2D eigenvalue weighted by Gasteiger charge is 2.24. The number of hydrogen-bond acceptors (Lipinski definition) is 4. The number of nitrogens with one attached hydrogen (secondary N) is 1. The normalized spacial score (nSPS) is 20.2. The van der Waals surface area contributed by atoms with Crippen LogP contribution in [-0.2, 0) is 4.74 Å². The van der Waals surface area contributed by atoms with Gasteiger partial charge in [0.05, 0.1) is 6.10 Å². The predicted molar refractivity (Wildman–Crippen MR) is 99.4 cm³/mol. The first kappa shape index (κ1) is 16.7. The van der Waals surface area contributed by atoms with Crippen molar-refractivity contribution in [2.45, 2.75) is 37.8 Å². The Morgan fingerprint density at radius 1 is 1.23 bits per heavy atom. The molecule has 2 heterocycles. The Morgan fingerprint density at radius 3 is 2.77 bits per heavy atom. The van der Waals surface area contributed by atoms with Crippen molar-refractivity contribution < 1.29 is 9.53 Å². The van der Waals surface area contributed by atoms with Crippen LogP contribution in [0.4, 0.5) is 0 Å². The number of benzene rings is 1. The van der Waals surface area contributed by atoms with Gasteiger partial charge in [-0.25, -0.2) is 9.97 Å². The van der Waals surface area contributed by atoms with Gasteiger partial charge < -0.3 is 10.1 Å². The Kier molecular flexibility index (Phi) is 4.67. The Balaban J connectivity index is 1.63. The number of carbonyl (C=O) groups excluding carboxylic acids is 1. The summed E-state index contributed by atoms with van der Waals surface area (Å²) in [5.74, 6) is 0.568. The molecule has 1 N–H and O–H groups in total. The van der Waals surface area contributed by atoms with E-state index in [0.717, 1.165) is 36.5 Å². The van der Waals surface area contributed by atoms with E-state index >= 15 is 0 Å². The minimum absolute atomic E-state index is 0.121. The van der Waals surface area contributed by atoms with Crippen LogP contribution in [0.15, 0.2) is 49.1 Å². The van der Waals surface area contributed by atoms with Crippen LogP contribution in [0.1, 0.15) is 36.2 Å². The highest BCUT2D eigenvalue weighted by molar-refractivity contribution is 6.05. The van der Waals surface area contributed by atoms with Crippen molar-refractivity contribution in [1.29, 1.82) is 0 Å². The zero-order chi connectivity index (χ0) is 17.9. The Labute approximate surface area is 152 Å². The standard InChI is InChI=1S/C20H22N4O2/c1-26-16-8-6-15(7-9-16)22-20(25)19-17-5-3-2-4-14(17)12-18(23-19)24-11-10-21-13-24/h2-5,10-13,15-16H,6-9H2,1H3,(H,22,25)/t15-,16-. The van der Waals surface area contributed by atoms with E-state index in [9.17, 15) is 4.79 Å². The molecule has 0 unspecified atom stereocenters. The zero-order valence-corrected chi connectivity index (χ0v) is 14.8. The fourth-order valence-electron chi connectivity index (χ4n) is 3.58. The van der Waals surface area contributed by atoms with Crippen LogP contribution in [0.5, 0.6) is 0 Å². The third-order valence-electron chi connectivity index (χ3n) is 5.05. The third kappa shape index (κ3) is 3.32. The Bertz CT molecular complexity index is 899. The van der Waals surface area contributed by atoms with Crippen molar-refractivity contribution >= 4 is 16.7 Å². The first-order chi connectivity index (χ1) is 12.7. The molecule has 6 nitrogen and oxygen atoms in total. The summed E-state index contributed by atoms with van der Waals surface area (Å²) >= 11 is 0. The van der Waals surface area contributed by atoms with E-state index in [2.05, 4.69) is 15.3 Å². The number of pyridine rings is 1. The number of fused-ring (bicyclic) bond motifs is 1. The molecular formula is C20H22N4O2. The molecule has 0 bridgehead atoms. The minimum Gasteiger partial charge on any atom is -0.381 e. The molecule has 1 fully saturated rings. The molecule has 0 saturated heterocycles. The van der Waals surface area contributed by atoms with Gasteiger partial charge in [0.1, 0.15) is 17.8 Å². The van der Waals surface area contributed by atoms with Crippen LogP contribution < -0.4 is 5.32 Å². The second kappa shape index (κ2) is 7.25. The first-order valence-corrected chi connectivity index (χ1v) is 8.96. The smallest absolute Gasteiger partial charge is 0.270 e. The molecule has 134 valence electrons. The largest absolute Gasteiger partial charge is 0.381 e. The second-order valence-electron chi connectivity index (χ2n) is 6.70. The fourth-order valence-corrected chi connectivity index (χ4v) is 3.58. The van der Waals surface area contributed by atoms with Gasteiger partial charge >= 0.3 is 0 Å². The number of methoxy groups -OCH3 is 1. The van der Waals surface area contributed by atoms with Gasteiger partial charge in [0.15, 0.2) is 0 Å². The number of carbonyl (C=O) groups is 1. The summed E-state index contributed by atoms with van der Waals surface area (Å²) in [5, 5.41) is 5.01. The molecule has 6 heteroatoms. The summed E-state index contributed by atoms with van der Waals surface area (Å²) in [4.78, 5) is 21.7. The minimum atomic E-state index is -0.121. The number of rotatable bonds is 4. The molecule has 26 heavy (non-hydrogen) atoms. The second-order valence-corrected chi connectivity index (χ2v) is 6.70. The van der Waals surface area contributed by atoms with E-state index in [1.165, 1.54) is 0 Å². The van der Waals surface area contributed by atoms with E-state index in [1.807, 2.05) is 41.1 Å². The quantitative estimate of drug-likeness (QED) is 0.785. The highest BCUT2D eigenvalue weighted by Crippen LogP contribution is 2.23. The van der Waals surface area contributed by atoms with E-state index in [4.69, 9.17) is 4.74 Å². The average Bonchev–Trinajstić information content (AvgIpc) is 3.22. The lowest BCUT2D eigenvalue weighted by Gasteiger charge is -2.28. The molecule has 0 radical (unpaired) electrons. The molecule has 0 spiro atoms. The van der Waals surface area contributed by atoms with Crippen molar-refractivity contribution in [3.8, 4) is 5.82 Å². The maximum absolute atomic E-state index is 13.0. The zero-order valence-electron chi connectivity index (χ0n) is 14.8. The molecule has 2 aromatic heterocycles. The van der Waals surface area contributed by atoms with Crippen LogP contribution in [0.3, 0.4) is 0 Å². The molecular weight excluding hydrogens is 328 g/mol. The molecule has 1 saturated carbocycles. The summed E-state index contributed by atoms with van der Waals surface area (Å²) in [6.07, 6.45) is 9.34. The van der Waals surface area contributed by atoms with Crippen LogP contribution in [0.2, 0.25) is 0 Å². The molecule has 1 aliphatic carbocycles. The van der Waals surface area contributed by atoms with Crippen molar-refractivity contribution in [1.82, 2.24) is 19.9 Å². The lowest BCUT2D eigenvalue weighted by atomic mass is 9.93. The molecule has 4 rings (SSSR count). The summed E-state index contributed by atoms with van der Waals surface area (Å²) in [6.45, 7) is 0. The number of imidazole rings is 1. The van der Waals surface area contributed by atoms with E-state index < -0.39 is 0 Å². The van der Waals surface area contributed by atoms with E-state index in [1.54, 1.807) is 19.6 Å². The van der Waals surface area contributed by atoms with Crippen LogP contribution >= 0.6 is 0 Å². The van der Waals surface area contributed by atoms with Gasteiger partial charge in [-0.3, -0.25) is 9.36 Å². The number of aromatic nitrogens is 3. The van der Waals surface area contributed by atoms with E-state index in [0.29, 0.717) is 17.6 Å². The average molecular weight is 350 g/mol. The highest BCUT2D eigenvalue weighted by atomic mass is 16.5. The SMILES string of the molecule is CO[C@H]1CC[C@H](NC(=O)c2nc(-n3ccnc3)cc3ccccc23)CC1. The summed E-state index contributed by atoms with van der Waals surface area (Å²) in [6, 6.07) is 9.98. The number of amides is 1. The molecule has 0 aliphatic heterocycles. The molecule has 3 aromatic rings. The maximum atomic E-state index is 13.0. The van der Waals surface area contributed by atoms with Crippen LogP contribution in [0.25, 0.3) is 16.6 Å². The summed E-state index contributed by atoms with van der Waals surface area (Å²) in [7, 11) is 1.75. The topological polar surface area (TPSA) is 69.0 Å². The number of nitrogens with zero attached hydrogens (tertiary/aromatic N) is 3. The van der Waals surface area contributed by atoms with E-state index in [-0.39, 0.29) is 11.9 Å². The monoisotopic (exact) mass is 350 g/mol. The van der Waals surface area contributed by atoms with Crippen molar-refractivity contribution in [3.05, 3.63) is 54.7 Å².